The molecule has 1 heterocycles. The number of H-pyrrole nitrogens is 1. The lowest BCUT2D eigenvalue weighted by molar-refractivity contribution is 0.0781. The highest BCUT2D eigenvalue weighted by Gasteiger charge is 2.17. The van der Waals surface area contributed by atoms with Crippen molar-refractivity contribution in [2.24, 2.45) is 0 Å². The number of carbonyl (C=O) groups excluding carboxylic acids is 1. The molecule has 0 fully saturated rings. The summed E-state index contributed by atoms with van der Waals surface area (Å²) in [7, 11) is 1.64. The van der Waals surface area contributed by atoms with Gasteiger partial charge in [0.2, 0.25) is 0 Å². The molecule has 0 atom stereocenters. The Balaban J connectivity index is 2.21. The molecule has 3 N–H and O–H groups in total. The van der Waals surface area contributed by atoms with Crippen molar-refractivity contribution in [3.8, 4) is 0 Å². The lowest BCUT2D eigenvalue weighted by atomic mass is 10.1. The number of anilines is 1. The summed E-state index contributed by atoms with van der Waals surface area (Å²) in [6.45, 7) is 0.329. The second-order valence-corrected chi connectivity index (χ2v) is 4.90. The normalized spacial score (nSPS) is 10.5. The number of aromatic amines is 1. The zero-order valence-electron chi connectivity index (χ0n) is 10.2. The minimum Gasteiger partial charge on any atom is -0.396 e. The van der Waals surface area contributed by atoms with E-state index >= 15 is 0 Å². The number of nitrogen functional groups attached to an aromatic ring is 1. The first-order valence-corrected chi connectivity index (χ1v) is 6.26. The molecule has 2 rings (SSSR count). The van der Waals surface area contributed by atoms with Crippen LogP contribution in [0.15, 0.2) is 29.0 Å². The van der Waals surface area contributed by atoms with Crippen molar-refractivity contribution < 1.29 is 9.18 Å². The monoisotopic (exact) mass is 326 g/mol. The van der Waals surface area contributed by atoms with Crippen molar-refractivity contribution in [2.75, 3.05) is 12.8 Å². The first-order chi connectivity index (χ1) is 8.99. The van der Waals surface area contributed by atoms with Crippen LogP contribution in [0.5, 0.6) is 0 Å². The molecule has 1 aromatic carbocycles. The summed E-state index contributed by atoms with van der Waals surface area (Å²) in [5, 5.41) is 0. The Hall–Kier alpha value is -1.89. The number of nitrogens with one attached hydrogen (secondary N) is 1. The summed E-state index contributed by atoms with van der Waals surface area (Å²) in [6, 6.07) is 2.50. The Morgan fingerprint density at radius 1 is 1.58 bits per heavy atom. The van der Waals surface area contributed by atoms with Crippen LogP contribution in [-0.2, 0) is 6.54 Å². The number of hydrogen-bond donors (Lipinski definition) is 2. The third-order valence-corrected chi connectivity index (χ3v) is 3.26. The number of halogens is 2. The van der Waals surface area contributed by atoms with E-state index in [4.69, 9.17) is 5.73 Å². The standard InChI is InChI=1S/C12H12BrFN4O/c1-18(6-11-16-2-3-17-11)12(19)7-4-10(15)9(14)5-8(7)13/h2-5H,6,15H2,1H3,(H,16,17). The van der Waals surface area contributed by atoms with Gasteiger partial charge in [-0.25, -0.2) is 9.37 Å². The van der Waals surface area contributed by atoms with E-state index in [-0.39, 0.29) is 11.6 Å². The molecule has 1 amide bonds. The molecule has 0 aliphatic heterocycles. The zero-order valence-corrected chi connectivity index (χ0v) is 11.7. The number of benzene rings is 1. The fourth-order valence-electron chi connectivity index (χ4n) is 1.62. The van der Waals surface area contributed by atoms with Gasteiger partial charge in [-0.15, -0.1) is 0 Å². The molecule has 2 aromatic rings. The third-order valence-electron chi connectivity index (χ3n) is 2.61. The molecule has 0 bridgehead atoms. The van der Waals surface area contributed by atoms with Crippen molar-refractivity contribution in [1.82, 2.24) is 14.9 Å². The van der Waals surface area contributed by atoms with Crippen LogP contribution in [0.25, 0.3) is 0 Å². The van der Waals surface area contributed by atoms with Crippen LogP contribution < -0.4 is 5.73 Å². The molecule has 0 saturated carbocycles. The highest BCUT2D eigenvalue weighted by atomic mass is 79.9. The molecule has 0 spiro atoms. The van der Waals surface area contributed by atoms with Gasteiger partial charge in [-0.05, 0) is 28.1 Å². The van der Waals surface area contributed by atoms with Crippen LogP contribution in [0.4, 0.5) is 10.1 Å². The Kier molecular flexibility index (Phi) is 3.84. The number of aromatic nitrogens is 2. The number of imidazole rings is 1. The predicted octanol–water partition coefficient (Wildman–Crippen LogP) is 2.17. The van der Waals surface area contributed by atoms with E-state index in [0.717, 1.165) is 0 Å². The maximum atomic E-state index is 13.2. The van der Waals surface area contributed by atoms with Crippen molar-refractivity contribution in [3.63, 3.8) is 0 Å². The van der Waals surface area contributed by atoms with Gasteiger partial charge in [-0.1, -0.05) is 0 Å². The van der Waals surface area contributed by atoms with E-state index in [1.54, 1.807) is 19.4 Å². The molecule has 19 heavy (non-hydrogen) atoms. The van der Waals surface area contributed by atoms with E-state index in [9.17, 15) is 9.18 Å². The largest absolute Gasteiger partial charge is 0.396 e. The SMILES string of the molecule is CN(Cc1ncc[nH]1)C(=O)c1cc(N)c(F)cc1Br. The molecule has 100 valence electrons. The van der Waals surface area contributed by atoms with E-state index in [0.29, 0.717) is 22.4 Å². The average molecular weight is 327 g/mol. The summed E-state index contributed by atoms with van der Waals surface area (Å²) < 4.78 is 13.6. The van der Waals surface area contributed by atoms with E-state index in [2.05, 4.69) is 25.9 Å². The maximum Gasteiger partial charge on any atom is 0.255 e. The first kappa shape index (κ1) is 13.5. The van der Waals surface area contributed by atoms with Crippen molar-refractivity contribution in [2.45, 2.75) is 6.54 Å². The predicted molar refractivity (Wildman–Crippen MR) is 72.9 cm³/mol. The summed E-state index contributed by atoms with van der Waals surface area (Å²) in [6.07, 6.45) is 3.29. The van der Waals surface area contributed by atoms with Crippen LogP contribution in [-0.4, -0.2) is 27.8 Å². The third kappa shape index (κ3) is 2.93. The van der Waals surface area contributed by atoms with Crippen molar-refractivity contribution in [1.29, 1.82) is 0 Å². The van der Waals surface area contributed by atoms with Gasteiger partial charge in [0.15, 0.2) is 0 Å². The molecule has 0 saturated heterocycles. The Bertz CT molecular complexity index is 600. The fourth-order valence-corrected chi connectivity index (χ4v) is 2.10. The quantitative estimate of drug-likeness (QED) is 0.849. The van der Waals surface area contributed by atoms with Gasteiger partial charge in [0.25, 0.3) is 5.91 Å². The molecule has 0 aliphatic carbocycles. The van der Waals surface area contributed by atoms with Crippen LogP contribution in [0.2, 0.25) is 0 Å². The Morgan fingerprint density at radius 2 is 2.32 bits per heavy atom. The summed E-state index contributed by atoms with van der Waals surface area (Å²) >= 11 is 3.16. The second-order valence-electron chi connectivity index (χ2n) is 4.05. The fraction of sp³-hybridized carbons (Fsp3) is 0.167. The first-order valence-electron chi connectivity index (χ1n) is 5.47. The smallest absolute Gasteiger partial charge is 0.255 e. The van der Waals surface area contributed by atoms with Gasteiger partial charge in [0, 0.05) is 23.9 Å². The lowest BCUT2D eigenvalue weighted by Gasteiger charge is -2.17. The van der Waals surface area contributed by atoms with Crippen molar-refractivity contribution in [3.05, 3.63) is 46.2 Å². The van der Waals surface area contributed by atoms with E-state index in [1.165, 1.54) is 17.0 Å². The lowest BCUT2D eigenvalue weighted by Crippen LogP contribution is -2.27. The van der Waals surface area contributed by atoms with Crippen LogP contribution in [0.1, 0.15) is 16.2 Å². The molecular formula is C12H12BrFN4O. The average Bonchev–Trinajstić information content (AvgIpc) is 2.85. The molecule has 5 nitrogen and oxygen atoms in total. The number of amides is 1. The molecule has 0 unspecified atom stereocenters. The molecule has 0 radical (unpaired) electrons. The van der Waals surface area contributed by atoms with Gasteiger partial charge < -0.3 is 15.6 Å². The van der Waals surface area contributed by atoms with Crippen LogP contribution in [0, 0.1) is 5.82 Å². The summed E-state index contributed by atoms with van der Waals surface area (Å²) in [4.78, 5) is 20.6. The molecule has 1 aromatic heterocycles. The van der Waals surface area contributed by atoms with Crippen molar-refractivity contribution >= 4 is 27.5 Å². The number of hydrogen-bond acceptors (Lipinski definition) is 3. The summed E-state index contributed by atoms with van der Waals surface area (Å²) in [5.74, 6) is -0.158. The second kappa shape index (κ2) is 5.40. The maximum absolute atomic E-state index is 13.2. The topological polar surface area (TPSA) is 75.0 Å². The number of rotatable bonds is 3. The van der Waals surface area contributed by atoms with Crippen LogP contribution in [0.3, 0.4) is 0 Å². The van der Waals surface area contributed by atoms with Gasteiger partial charge >= 0.3 is 0 Å². The van der Waals surface area contributed by atoms with Gasteiger partial charge in [-0.3, -0.25) is 4.79 Å². The number of nitrogens with zero attached hydrogens (tertiary/aromatic N) is 2. The minimum atomic E-state index is -0.558. The number of carbonyl (C=O) groups is 1. The van der Waals surface area contributed by atoms with E-state index < -0.39 is 5.82 Å². The Morgan fingerprint density at radius 3 is 2.95 bits per heavy atom. The highest BCUT2D eigenvalue weighted by Crippen LogP contribution is 2.24. The number of nitrogens with two attached hydrogens (primary N) is 1. The zero-order chi connectivity index (χ0) is 14.0. The molecular weight excluding hydrogens is 315 g/mol. The molecule has 0 aliphatic rings. The highest BCUT2D eigenvalue weighted by molar-refractivity contribution is 9.10. The minimum absolute atomic E-state index is 0.0575. The Labute approximate surface area is 117 Å². The van der Waals surface area contributed by atoms with Gasteiger partial charge in [0.1, 0.15) is 11.6 Å². The van der Waals surface area contributed by atoms with Crippen LogP contribution >= 0.6 is 15.9 Å². The van der Waals surface area contributed by atoms with Gasteiger partial charge in [0.05, 0.1) is 17.8 Å². The summed E-state index contributed by atoms with van der Waals surface area (Å²) in [5.41, 5.74) is 5.73. The van der Waals surface area contributed by atoms with Gasteiger partial charge in [-0.2, -0.15) is 0 Å². The molecule has 7 heteroatoms. The van der Waals surface area contributed by atoms with E-state index in [1.807, 2.05) is 0 Å².